The summed E-state index contributed by atoms with van der Waals surface area (Å²) in [7, 11) is 0. The molecule has 0 saturated heterocycles. The summed E-state index contributed by atoms with van der Waals surface area (Å²) in [5, 5.41) is 24.7. The molecule has 1 aliphatic rings. The molecule has 0 bridgehead atoms. The van der Waals surface area contributed by atoms with Gasteiger partial charge in [-0.05, 0) is 41.1 Å². The highest BCUT2D eigenvalue weighted by atomic mass is 19.1. The van der Waals surface area contributed by atoms with Crippen LogP contribution in [0.1, 0.15) is 35.3 Å². The molecule has 0 fully saturated rings. The van der Waals surface area contributed by atoms with E-state index in [1.54, 1.807) is 18.3 Å². The van der Waals surface area contributed by atoms with E-state index < -0.39 is 23.0 Å². The zero-order valence-electron chi connectivity index (χ0n) is 13.9. The fourth-order valence-electron chi connectivity index (χ4n) is 2.68. The van der Waals surface area contributed by atoms with E-state index in [0.29, 0.717) is 11.3 Å². The Balaban J connectivity index is 2.28. The first kappa shape index (κ1) is 16.8. The third kappa shape index (κ3) is 2.79. The zero-order valence-corrected chi connectivity index (χ0v) is 13.9. The number of pyridine rings is 1. The van der Waals surface area contributed by atoms with E-state index in [4.69, 9.17) is 0 Å². The second-order valence-corrected chi connectivity index (χ2v) is 6.17. The first-order valence-electron chi connectivity index (χ1n) is 7.69. The Kier molecular flexibility index (Phi) is 4.12. The lowest BCUT2D eigenvalue weighted by Gasteiger charge is -2.25. The van der Waals surface area contributed by atoms with Gasteiger partial charge in [-0.2, -0.15) is 0 Å². The van der Waals surface area contributed by atoms with E-state index in [2.05, 4.69) is 25.7 Å². The van der Waals surface area contributed by atoms with Crippen LogP contribution in [0.4, 0.5) is 4.39 Å². The molecule has 1 N–H and O–H groups in total. The summed E-state index contributed by atoms with van der Waals surface area (Å²) < 4.78 is 14.8. The average Bonchev–Trinajstić information content (AvgIpc) is 3.07. The van der Waals surface area contributed by atoms with Gasteiger partial charge >= 0.3 is 5.97 Å². The monoisotopic (exact) mass is 341 g/mol. The number of aromatic nitrogens is 1. The third-order valence-electron chi connectivity index (χ3n) is 4.15. The Morgan fingerprint density at radius 2 is 1.88 bits per heavy atom. The number of nitrogens with zero attached hydrogens (tertiary/aromatic N) is 5. The van der Waals surface area contributed by atoms with Crippen molar-refractivity contribution in [3.8, 4) is 11.3 Å². The van der Waals surface area contributed by atoms with Gasteiger partial charge in [0, 0.05) is 23.2 Å². The number of aromatic carboxylic acids is 1. The molecule has 0 atom stereocenters. The van der Waals surface area contributed by atoms with Crippen LogP contribution in [0, 0.1) is 18.7 Å². The summed E-state index contributed by atoms with van der Waals surface area (Å²) in [6.45, 7) is 5.58. The molecule has 2 heterocycles. The molecule has 1 aliphatic heterocycles. The molecule has 3 rings (SSSR count). The van der Waals surface area contributed by atoms with E-state index in [0.717, 1.165) is 5.56 Å². The molecule has 0 spiro atoms. The van der Waals surface area contributed by atoms with E-state index in [1.165, 1.54) is 12.1 Å². The maximum absolute atomic E-state index is 14.8. The SMILES string of the molecule is Cc1ccc(-c2cc(C3(C(C)C)N=NN=N3)cc(C(=O)O)c2F)nc1. The summed E-state index contributed by atoms with van der Waals surface area (Å²) >= 11 is 0. The van der Waals surface area contributed by atoms with E-state index in [9.17, 15) is 14.3 Å². The number of benzene rings is 1. The van der Waals surface area contributed by atoms with Crippen LogP contribution in [-0.4, -0.2) is 16.1 Å². The van der Waals surface area contributed by atoms with Crippen LogP contribution in [0.3, 0.4) is 0 Å². The molecular weight excluding hydrogens is 325 g/mol. The number of carboxylic acids is 1. The molecule has 0 unspecified atom stereocenters. The van der Waals surface area contributed by atoms with Gasteiger partial charge in [-0.1, -0.05) is 19.9 Å². The van der Waals surface area contributed by atoms with Gasteiger partial charge in [-0.3, -0.25) is 4.98 Å². The average molecular weight is 341 g/mol. The number of halogens is 1. The smallest absolute Gasteiger partial charge is 0.338 e. The predicted molar refractivity (Wildman–Crippen MR) is 87.6 cm³/mol. The van der Waals surface area contributed by atoms with Crippen LogP contribution in [0.25, 0.3) is 11.3 Å². The van der Waals surface area contributed by atoms with Gasteiger partial charge in [0.2, 0.25) is 5.66 Å². The van der Waals surface area contributed by atoms with Crippen LogP contribution in [0.2, 0.25) is 0 Å². The Bertz CT molecular complexity index is 879. The molecule has 2 aromatic rings. The second kappa shape index (κ2) is 6.12. The minimum absolute atomic E-state index is 0.0761. The molecule has 1 aromatic carbocycles. The van der Waals surface area contributed by atoms with Crippen molar-refractivity contribution in [1.29, 1.82) is 0 Å². The molecule has 8 heteroatoms. The van der Waals surface area contributed by atoms with Gasteiger partial charge in [0.15, 0.2) is 0 Å². The molecule has 0 saturated carbocycles. The van der Waals surface area contributed by atoms with Crippen molar-refractivity contribution < 1.29 is 14.3 Å². The van der Waals surface area contributed by atoms with Crippen LogP contribution < -0.4 is 0 Å². The number of hydrogen-bond acceptors (Lipinski definition) is 6. The predicted octanol–water partition coefficient (Wildman–Crippen LogP) is 4.54. The van der Waals surface area contributed by atoms with E-state index >= 15 is 0 Å². The molecule has 0 radical (unpaired) electrons. The Hall–Kier alpha value is -3.03. The van der Waals surface area contributed by atoms with Gasteiger partial charge in [-0.15, -0.1) is 10.2 Å². The van der Waals surface area contributed by atoms with Crippen LogP contribution >= 0.6 is 0 Å². The Morgan fingerprint density at radius 1 is 1.20 bits per heavy atom. The van der Waals surface area contributed by atoms with E-state index in [1.807, 2.05) is 20.8 Å². The molecule has 0 aliphatic carbocycles. The minimum Gasteiger partial charge on any atom is -0.478 e. The molecule has 128 valence electrons. The Morgan fingerprint density at radius 3 is 2.40 bits per heavy atom. The molecular formula is C17H16FN5O2. The number of hydrogen-bond donors (Lipinski definition) is 1. The highest BCUT2D eigenvalue weighted by molar-refractivity contribution is 5.90. The number of carbonyl (C=O) groups is 1. The minimum atomic E-state index is -1.38. The van der Waals surface area contributed by atoms with E-state index in [-0.39, 0.29) is 11.5 Å². The molecule has 25 heavy (non-hydrogen) atoms. The molecule has 0 amide bonds. The van der Waals surface area contributed by atoms with Crippen molar-refractivity contribution in [2.24, 2.45) is 26.6 Å². The lowest BCUT2D eigenvalue weighted by atomic mass is 9.87. The summed E-state index contributed by atoms with van der Waals surface area (Å²) in [5.41, 5.74) is 0.0919. The highest BCUT2D eigenvalue weighted by Gasteiger charge is 2.40. The van der Waals surface area contributed by atoms with Crippen molar-refractivity contribution in [3.63, 3.8) is 0 Å². The van der Waals surface area contributed by atoms with Gasteiger partial charge < -0.3 is 5.11 Å². The van der Waals surface area contributed by atoms with Crippen molar-refractivity contribution in [2.45, 2.75) is 26.4 Å². The topological polar surface area (TPSA) is 99.6 Å². The van der Waals surface area contributed by atoms with Crippen LogP contribution in [0.5, 0.6) is 0 Å². The number of carboxylic acid groups (broad SMARTS) is 1. The van der Waals surface area contributed by atoms with Crippen molar-refractivity contribution in [2.75, 3.05) is 0 Å². The lowest BCUT2D eigenvalue weighted by molar-refractivity contribution is 0.0691. The normalized spacial score (nSPS) is 15.1. The highest BCUT2D eigenvalue weighted by Crippen LogP contribution is 2.41. The van der Waals surface area contributed by atoms with Crippen LogP contribution in [-0.2, 0) is 5.66 Å². The van der Waals surface area contributed by atoms with Gasteiger partial charge in [-0.25, -0.2) is 9.18 Å². The fraction of sp³-hybridized carbons (Fsp3) is 0.294. The van der Waals surface area contributed by atoms with Crippen molar-refractivity contribution in [1.82, 2.24) is 4.98 Å². The molecule has 7 nitrogen and oxygen atoms in total. The molecule has 1 aromatic heterocycles. The quantitative estimate of drug-likeness (QED) is 0.883. The van der Waals surface area contributed by atoms with Gasteiger partial charge in [0.1, 0.15) is 5.82 Å². The van der Waals surface area contributed by atoms with Crippen molar-refractivity contribution in [3.05, 3.63) is 53.0 Å². The number of rotatable bonds is 4. The summed E-state index contributed by atoms with van der Waals surface area (Å²) in [6.07, 6.45) is 1.59. The number of aryl methyl sites for hydroxylation is 1. The summed E-state index contributed by atoms with van der Waals surface area (Å²) in [4.78, 5) is 15.7. The lowest BCUT2D eigenvalue weighted by Crippen LogP contribution is -2.26. The van der Waals surface area contributed by atoms with Gasteiger partial charge in [0.05, 0.1) is 11.3 Å². The third-order valence-corrected chi connectivity index (χ3v) is 4.15. The fourth-order valence-corrected chi connectivity index (χ4v) is 2.68. The second-order valence-electron chi connectivity index (χ2n) is 6.17. The maximum atomic E-state index is 14.8. The first-order valence-corrected chi connectivity index (χ1v) is 7.69. The first-order chi connectivity index (χ1) is 11.8. The zero-order chi connectivity index (χ0) is 18.2. The standard InChI is InChI=1S/C17H16FN5O2/c1-9(2)17(20-22-23-21-17)11-6-12(14-5-4-10(3)8-19-14)15(18)13(7-11)16(24)25/h4-9H,1-3H3,(H,24,25). The van der Waals surface area contributed by atoms with Gasteiger partial charge in [0.25, 0.3) is 0 Å². The van der Waals surface area contributed by atoms with Crippen LogP contribution in [0.15, 0.2) is 51.1 Å². The Labute approximate surface area is 143 Å². The summed E-state index contributed by atoms with van der Waals surface area (Å²) in [6, 6.07) is 6.17. The van der Waals surface area contributed by atoms with Crippen molar-refractivity contribution >= 4 is 5.97 Å². The summed E-state index contributed by atoms with van der Waals surface area (Å²) in [5.74, 6) is -2.38. The largest absolute Gasteiger partial charge is 0.478 e. The maximum Gasteiger partial charge on any atom is 0.338 e.